The van der Waals surface area contributed by atoms with Gasteiger partial charge >= 0.3 is 0 Å². The smallest absolute Gasteiger partial charge is 0.0776 e. The van der Waals surface area contributed by atoms with Crippen molar-refractivity contribution in [3.05, 3.63) is 42.5 Å². The largest absolute Gasteiger partial charge is 0.135 e. The van der Waals surface area contributed by atoms with Gasteiger partial charge in [-0.05, 0) is 12.1 Å². The number of thiophene rings is 1. The van der Waals surface area contributed by atoms with Gasteiger partial charge in [-0.1, -0.05) is 55.2 Å². The molecule has 2 heteroatoms. The van der Waals surface area contributed by atoms with Crippen molar-refractivity contribution in [1.29, 1.82) is 0 Å². The molecule has 0 aliphatic rings. The van der Waals surface area contributed by atoms with Gasteiger partial charge in [-0.15, -0.1) is 11.3 Å². The van der Waals surface area contributed by atoms with Crippen LogP contribution >= 0.6 is 11.3 Å². The molecule has 0 saturated heterocycles. The van der Waals surface area contributed by atoms with Crippen molar-refractivity contribution in [3.8, 4) is 0 Å². The molecule has 0 nitrogen and oxygen atoms in total. The lowest BCUT2D eigenvalue weighted by atomic mass is 10.1. The van der Waals surface area contributed by atoms with Crippen LogP contribution in [-0.4, -0.2) is 8.07 Å². The molecule has 0 bridgehead atoms. The van der Waals surface area contributed by atoms with E-state index >= 15 is 0 Å². The summed E-state index contributed by atoms with van der Waals surface area (Å²) < 4.78 is 2.83. The molecule has 1 aromatic heterocycles. The SMILES string of the molecule is C[Si](C)(C)c1ccc2c(c1)sc1ccccc12. The second-order valence-corrected chi connectivity index (χ2v) is 11.7. The predicted octanol–water partition coefficient (Wildman–Crippen LogP) is 4.60. The molecular formula is C15H16SSi. The molecule has 17 heavy (non-hydrogen) atoms. The van der Waals surface area contributed by atoms with Gasteiger partial charge in [0.05, 0.1) is 8.07 Å². The lowest BCUT2D eigenvalue weighted by molar-refractivity contribution is 1.73. The van der Waals surface area contributed by atoms with Crippen LogP contribution in [0.3, 0.4) is 0 Å². The first kappa shape index (κ1) is 11.0. The molecule has 0 atom stereocenters. The molecule has 0 N–H and O–H groups in total. The third kappa shape index (κ3) is 1.81. The number of hydrogen-bond donors (Lipinski definition) is 0. The Kier molecular flexibility index (Phi) is 2.38. The summed E-state index contributed by atoms with van der Waals surface area (Å²) >= 11 is 1.91. The van der Waals surface area contributed by atoms with E-state index in [4.69, 9.17) is 0 Å². The summed E-state index contributed by atoms with van der Waals surface area (Å²) in [6.07, 6.45) is 0. The van der Waals surface area contributed by atoms with Crippen molar-refractivity contribution in [3.63, 3.8) is 0 Å². The second-order valence-electron chi connectivity index (χ2n) is 5.56. The van der Waals surface area contributed by atoms with Crippen molar-refractivity contribution < 1.29 is 0 Å². The minimum absolute atomic E-state index is 1.19. The van der Waals surface area contributed by atoms with Crippen LogP contribution < -0.4 is 5.19 Å². The molecule has 86 valence electrons. The molecule has 0 saturated carbocycles. The predicted molar refractivity (Wildman–Crippen MR) is 82.3 cm³/mol. The van der Waals surface area contributed by atoms with Gasteiger partial charge in [0.25, 0.3) is 0 Å². The van der Waals surface area contributed by atoms with E-state index < -0.39 is 8.07 Å². The van der Waals surface area contributed by atoms with Gasteiger partial charge < -0.3 is 0 Å². The highest BCUT2D eigenvalue weighted by Gasteiger charge is 2.17. The van der Waals surface area contributed by atoms with E-state index in [-0.39, 0.29) is 0 Å². The highest BCUT2D eigenvalue weighted by molar-refractivity contribution is 7.26. The first-order valence-corrected chi connectivity index (χ1v) is 10.3. The standard InChI is InChI=1S/C15H16SSi/c1-17(2,3)11-8-9-13-12-6-4-5-7-14(12)16-15(13)10-11/h4-10H,1-3H3. The van der Waals surface area contributed by atoms with Gasteiger partial charge in [0.15, 0.2) is 0 Å². The van der Waals surface area contributed by atoms with Gasteiger partial charge in [-0.25, -0.2) is 0 Å². The number of hydrogen-bond acceptors (Lipinski definition) is 1. The first-order chi connectivity index (χ1) is 8.05. The van der Waals surface area contributed by atoms with E-state index in [0.717, 1.165) is 0 Å². The third-order valence-corrected chi connectivity index (χ3v) is 6.42. The topological polar surface area (TPSA) is 0 Å². The van der Waals surface area contributed by atoms with E-state index in [1.54, 1.807) is 5.19 Å². The van der Waals surface area contributed by atoms with Crippen molar-refractivity contribution in [2.75, 3.05) is 0 Å². The van der Waals surface area contributed by atoms with Crippen LogP contribution in [0, 0.1) is 0 Å². The summed E-state index contributed by atoms with van der Waals surface area (Å²) in [4.78, 5) is 0. The fourth-order valence-electron chi connectivity index (χ4n) is 2.19. The van der Waals surface area contributed by atoms with Gasteiger partial charge in [0, 0.05) is 20.2 Å². The van der Waals surface area contributed by atoms with E-state index in [2.05, 4.69) is 62.1 Å². The Labute approximate surface area is 107 Å². The maximum Gasteiger partial charge on any atom is 0.0776 e. The first-order valence-electron chi connectivity index (χ1n) is 5.97. The Morgan fingerprint density at radius 1 is 0.824 bits per heavy atom. The Bertz CT molecular complexity index is 689. The molecule has 0 unspecified atom stereocenters. The molecule has 0 fully saturated rings. The number of benzene rings is 2. The van der Waals surface area contributed by atoms with E-state index in [1.807, 2.05) is 11.3 Å². The molecule has 3 rings (SSSR count). The Hall–Kier alpha value is -1.12. The summed E-state index contributed by atoms with van der Waals surface area (Å²) in [6.45, 7) is 7.21. The van der Waals surface area contributed by atoms with Crippen molar-refractivity contribution in [2.45, 2.75) is 19.6 Å². The molecule has 3 aromatic rings. The van der Waals surface area contributed by atoms with Crippen LogP contribution in [0.15, 0.2) is 42.5 Å². The van der Waals surface area contributed by atoms with Gasteiger partial charge in [0.1, 0.15) is 0 Å². The van der Waals surface area contributed by atoms with Crippen LogP contribution in [0.25, 0.3) is 20.2 Å². The van der Waals surface area contributed by atoms with Crippen molar-refractivity contribution in [1.82, 2.24) is 0 Å². The Morgan fingerprint density at radius 3 is 2.29 bits per heavy atom. The van der Waals surface area contributed by atoms with Crippen molar-refractivity contribution >= 4 is 44.8 Å². The highest BCUT2D eigenvalue weighted by atomic mass is 32.1. The molecular weight excluding hydrogens is 240 g/mol. The van der Waals surface area contributed by atoms with Gasteiger partial charge in [0.2, 0.25) is 0 Å². The van der Waals surface area contributed by atoms with Crippen LogP contribution in [0.2, 0.25) is 19.6 Å². The molecule has 0 aliphatic carbocycles. The third-order valence-electron chi connectivity index (χ3n) is 3.24. The fraction of sp³-hybridized carbons (Fsp3) is 0.200. The minimum Gasteiger partial charge on any atom is -0.135 e. The van der Waals surface area contributed by atoms with Crippen molar-refractivity contribution in [2.24, 2.45) is 0 Å². The van der Waals surface area contributed by atoms with E-state index in [0.29, 0.717) is 0 Å². The summed E-state index contributed by atoms with van der Waals surface area (Å²) in [5.41, 5.74) is 0. The zero-order chi connectivity index (χ0) is 12.0. The molecule has 1 heterocycles. The van der Waals surface area contributed by atoms with Crippen LogP contribution in [0.4, 0.5) is 0 Å². The lowest BCUT2D eigenvalue weighted by Gasteiger charge is -2.16. The van der Waals surface area contributed by atoms with E-state index in [1.165, 1.54) is 20.2 Å². The zero-order valence-electron chi connectivity index (χ0n) is 10.4. The zero-order valence-corrected chi connectivity index (χ0v) is 12.3. The van der Waals surface area contributed by atoms with Gasteiger partial charge in [-0.2, -0.15) is 0 Å². The molecule has 0 radical (unpaired) electrons. The average Bonchev–Trinajstić information content (AvgIpc) is 2.65. The Morgan fingerprint density at radius 2 is 1.53 bits per heavy atom. The van der Waals surface area contributed by atoms with Gasteiger partial charge in [-0.3, -0.25) is 0 Å². The Balaban J connectivity index is 2.34. The maximum absolute atomic E-state index is 2.41. The van der Waals surface area contributed by atoms with Crippen LogP contribution in [0.1, 0.15) is 0 Å². The number of fused-ring (bicyclic) bond motifs is 3. The summed E-state index contributed by atoms with van der Waals surface area (Å²) in [7, 11) is -1.19. The summed E-state index contributed by atoms with van der Waals surface area (Å²) in [6, 6.07) is 15.7. The monoisotopic (exact) mass is 256 g/mol. The minimum atomic E-state index is -1.19. The molecule has 0 aliphatic heterocycles. The summed E-state index contributed by atoms with van der Waals surface area (Å²) in [5.74, 6) is 0. The summed E-state index contributed by atoms with van der Waals surface area (Å²) in [5, 5.41) is 4.36. The highest BCUT2D eigenvalue weighted by Crippen LogP contribution is 2.33. The normalized spacial score (nSPS) is 12.4. The lowest BCUT2D eigenvalue weighted by Crippen LogP contribution is -2.37. The van der Waals surface area contributed by atoms with Crippen LogP contribution in [0.5, 0.6) is 0 Å². The number of rotatable bonds is 1. The molecule has 2 aromatic carbocycles. The quantitative estimate of drug-likeness (QED) is 0.558. The molecule has 0 spiro atoms. The average molecular weight is 256 g/mol. The molecule has 0 amide bonds. The van der Waals surface area contributed by atoms with Crippen LogP contribution in [-0.2, 0) is 0 Å². The second kappa shape index (κ2) is 3.69. The maximum atomic E-state index is 2.41. The van der Waals surface area contributed by atoms with E-state index in [9.17, 15) is 0 Å². The fourth-order valence-corrected chi connectivity index (χ4v) is 4.60.